The number of thiazole rings is 1. The van der Waals surface area contributed by atoms with E-state index in [2.05, 4.69) is 36.8 Å². The van der Waals surface area contributed by atoms with E-state index in [4.69, 9.17) is 14.2 Å². The Kier molecular flexibility index (Phi) is 10.1. The summed E-state index contributed by atoms with van der Waals surface area (Å²) in [6.07, 6.45) is -3.15. The van der Waals surface area contributed by atoms with Crippen molar-refractivity contribution in [3.05, 3.63) is 63.1 Å². The molecule has 0 fully saturated rings. The van der Waals surface area contributed by atoms with Crippen molar-refractivity contribution >= 4 is 56.2 Å². The summed E-state index contributed by atoms with van der Waals surface area (Å²) < 4.78 is 54.8. The van der Waals surface area contributed by atoms with Gasteiger partial charge in [-0.2, -0.15) is 18.3 Å². The third kappa shape index (κ3) is 8.45. The van der Waals surface area contributed by atoms with Crippen LogP contribution in [0, 0.1) is 0 Å². The standard InChI is InChI=1S/C24H22BrF3N4O5S/c1-3-36-21(34)12-37-22-18(25)7-14(8-19(22)35-2)11-29-32-20(33)10-17-13-38-23(31-17)30-16-6-4-5-15(9-16)24(26,27)28/h4-9,11,13H,3,10,12H2,1-2H3,(H,30,31)(H,32,33)/b29-11-. The van der Waals surface area contributed by atoms with E-state index in [0.29, 0.717) is 32.4 Å². The molecule has 1 heterocycles. The van der Waals surface area contributed by atoms with E-state index in [1.165, 1.54) is 25.5 Å². The number of amides is 1. The number of aromatic nitrogens is 1. The van der Waals surface area contributed by atoms with Crippen molar-refractivity contribution in [2.24, 2.45) is 5.10 Å². The lowest BCUT2D eigenvalue weighted by molar-refractivity contribution is -0.145. The number of alkyl halides is 3. The second-order valence-electron chi connectivity index (χ2n) is 7.45. The average Bonchev–Trinajstić information content (AvgIpc) is 3.29. The first-order chi connectivity index (χ1) is 18.1. The molecule has 202 valence electrons. The topological polar surface area (TPSA) is 111 Å². The van der Waals surface area contributed by atoms with Gasteiger partial charge in [0.1, 0.15) is 0 Å². The monoisotopic (exact) mass is 614 g/mol. The number of hydrogen-bond acceptors (Lipinski definition) is 9. The number of carbonyl (C=O) groups is 2. The van der Waals surface area contributed by atoms with Crippen LogP contribution in [-0.2, 0) is 26.9 Å². The predicted octanol–water partition coefficient (Wildman–Crippen LogP) is 5.31. The first-order valence-corrected chi connectivity index (χ1v) is 12.6. The first kappa shape index (κ1) is 28.9. The summed E-state index contributed by atoms with van der Waals surface area (Å²) in [5, 5.41) is 8.70. The molecule has 0 aliphatic rings. The van der Waals surface area contributed by atoms with Gasteiger partial charge >= 0.3 is 12.1 Å². The minimum atomic E-state index is -4.45. The number of ether oxygens (including phenoxy) is 3. The van der Waals surface area contributed by atoms with Crippen molar-refractivity contribution in [3.63, 3.8) is 0 Å². The number of hydrazone groups is 1. The maximum absolute atomic E-state index is 12.9. The largest absolute Gasteiger partial charge is 0.493 e. The molecule has 0 saturated heterocycles. The summed E-state index contributed by atoms with van der Waals surface area (Å²) in [6, 6.07) is 8.01. The summed E-state index contributed by atoms with van der Waals surface area (Å²) in [7, 11) is 1.44. The van der Waals surface area contributed by atoms with Crippen LogP contribution < -0.4 is 20.2 Å². The summed E-state index contributed by atoms with van der Waals surface area (Å²) in [5.41, 5.74) is 2.83. The molecule has 0 aliphatic carbocycles. The van der Waals surface area contributed by atoms with E-state index in [9.17, 15) is 22.8 Å². The smallest absolute Gasteiger partial charge is 0.416 e. The van der Waals surface area contributed by atoms with Gasteiger partial charge in [0, 0.05) is 11.1 Å². The third-order valence-electron chi connectivity index (χ3n) is 4.63. The molecule has 14 heteroatoms. The van der Waals surface area contributed by atoms with Crippen LogP contribution >= 0.6 is 27.3 Å². The van der Waals surface area contributed by atoms with Gasteiger partial charge in [0.15, 0.2) is 23.2 Å². The average molecular weight is 615 g/mol. The van der Waals surface area contributed by atoms with Crippen LogP contribution in [0.4, 0.5) is 24.0 Å². The molecular formula is C24H22BrF3N4O5S. The molecule has 0 bridgehead atoms. The maximum Gasteiger partial charge on any atom is 0.416 e. The molecule has 9 nitrogen and oxygen atoms in total. The minimum Gasteiger partial charge on any atom is -0.493 e. The molecule has 0 unspecified atom stereocenters. The predicted molar refractivity (Wildman–Crippen MR) is 139 cm³/mol. The lowest BCUT2D eigenvalue weighted by Crippen LogP contribution is -2.20. The van der Waals surface area contributed by atoms with E-state index in [-0.39, 0.29) is 25.3 Å². The van der Waals surface area contributed by atoms with Gasteiger partial charge in [0.05, 0.1) is 42.1 Å². The number of rotatable bonds is 11. The number of methoxy groups -OCH3 is 1. The van der Waals surface area contributed by atoms with Crippen LogP contribution in [0.3, 0.4) is 0 Å². The number of anilines is 2. The van der Waals surface area contributed by atoms with Gasteiger partial charge in [-0.25, -0.2) is 15.2 Å². The number of nitrogens with zero attached hydrogens (tertiary/aromatic N) is 2. The molecular weight excluding hydrogens is 593 g/mol. The molecule has 3 rings (SSSR count). The van der Waals surface area contributed by atoms with Crippen molar-refractivity contribution in [2.75, 3.05) is 25.6 Å². The second-order valence-corrected chi connectivity index (χ2v) is 9.16. The zero-order valence-electron chi connectivity index (χ0n) is 20.1. The molecule has 0 atom stereocenters. The third-order valence-corrected chi connectivity index (χ3v) is 6.02. The highest BCUT2D eigenvalue weighted by atomic mass is 79.9. The molecule has 1 aromatic heterocycles. The van der Waals surface area contributed by atoms with Crippen LogP contribution in [-0.4, -0.2) is 43.4 Å². The molecule has 1 amide bonds. The van der Waals surface area contributed by atoms with Gasteiger partial charge in [-0.3, -0.25) is 4.79 Å². The molecule has 3 aromatic rings. The number of esters is 1. The van der Waals surface area contributed by atoms with Gasteiger partial charge < -0.3 is 19.5 Å². The second kappa shape index (κ2) is 13.2. The molecule has 0 saturated carbocycles. The number of benzene rings is 2. The molecule has 0 aliphatic heterocycles. The zero-order chi connectivity index (χ0) is 27.7. The van der Waals surface area contributed by atoms with Crippen LogP contribution in [0.5, 0.6) is 11.5 Å². The first-order valence-electron chi connectivity index (χ1n) is 11.0. The summed E-state index contributed by atoms with van der Waals surface area (Å²) in [6.45, 7) is 1.64. The van der Waals surface area contributed by atoms with Crippen molar-refractivity contribution in [3.8, 4) is 11.5 Å². The number of halogens is 4. The Morgan fingerprint density at radius 1 is 1.24 bits per heavy atom. The van der Waals surface area contributed by atoms with E-state index in [0.717, 1.165) is 23.5 Å². The highest BCUT2D eigenvalue weighted by Gasteiger charge is 2.30. The zero-order valence-corrected chi connectivity index (χ0v) is 22.5. The highest BCUT2D eigenvalue weighted by Crippen LogP contribution is 2.36. The Morgan fingerprint density at radius 3 is 2.74 bits per heavy atom. The summed E-state index contributed by atoms with van der Waals surface area (Å²) >= 11 is 4.51. The van der Waals surface area contributed by atoms with E-state index >= 15 is 0 Å². The fourth-order valence-electron chi connectivity index (χ4n) is 3.01. The van der Waals surface area contributed by atoms with E-state index in [1.54, 1.807) is 24.4 Å². The molecule has 2 N–H and O–H groups in total. The van der Waals surface area contributed by atoms with Crippen LogP contribution in [0.1, 0.15) is 23.7 Å². The van der Waals surface area contributed by atoms with E-state index < -0.39 is 23.6 Å². The Morgan fingerprint density at radius 2 is 2.03 bits per heavy atom. The lowest BCUT2D eigenvalue weighted by Gasteiger charge is -2.13. The Labute approximate surface area is 228 Å². The fourth-order valence-corrected chi connectivity index (χ4v) is 4.32. The maximum atomic E-state index is 12.9. The van der Waals surface area contributed by atoms with E-state index in [1.807, 2.05) is 0 Å². The molecule has 0 radical (unpaired) electrons. The Hall–Kier alpha value is -3.65. The fraction of sp³-hybridized carbons (Fsp3) is 0.250. The summed E-state index contributed by atoms with van der Waals surface area (Å²) in [4.78, 5) is 28.1. The number of nitrogens with one attached hydrogen (secondary N) is 2. The SMILES string of the molecule is CCOC(=O)COc1c(Br)cc(/C=N\NC(=O)Cc2csc(Nc3cccc(C(F)(F)F)c3)n2)cc1OC. The van der Waals surface area contributed by atoms with Gasteiger partial charge in [0.2, 0.25) is 5.91 Å². The van der Waals surface area contributed by atoms with Crippen molar-refractivity contribution < 1.29 is 37.0 Å². The summed E-state index contributed by atoms with van der Waals surface area (Å²) in [5.74, 6) is -0.328. The van der Waals surface area contributed by atoms with Crippen molar-refractivity contribution in [1.82, 2.24) is 10.4 Å². The quantitative estimate of drug-likeness (QED) is 0.171. The molecule has 0 spiro atoms. The van der Waals surface area contributed by atoms with Crippen LogP contribution in [0.2, 0.25) is 0 Å². The molecule has 2 aromatic carbocycles. The van der Waals surface area contributed by atoms with Crippen LogP contribution in [0.15, 0.2) is 51.4 Å². The minimum absolute atomic E-state index is 0.0915. The normalized spacial score (nSPS) is 11.3. The van der Waals surface area contributed by atoms with Crippen molar-refractivity contribution in [2.45, 2.75) is 19.5 Å². The van der Waals surface area contributed by atoms with Gasteiger partial charge in [-0.15, -0.1) is 11.3 Å². The lowest BCUT2D eigenvalue weighted by atomic mass is 10.2. The highest BCUT2D eigenvalue weighted by molar-refractivity contribution is 9.10. The van der Waals surface area contributed by atoms with Gasteiger partial charge in [-0.1, -0.05) is 6.07 Å². The molecule has 38 heavy (non-hydrogen) atoms. The van der Waals surface area contributed by atoms with Gasteiger partial charge in [-0.05, 0) is 58.7 Å². The van der Waals surface area contributed by atoms with Crippen LogP contribution in [0.25, 0.3) is 0 Å². The Bertz CT molecular complexity index is 1320. The van der Waals surface area contributed by atoms with Crippen molar-refractivity contribution in [1.29, 1.82) is 0 Å². The number of hydrogen-bond donors (Lipinski definition) is 2. The number of carbonyl (C=O) groups excluding carboxylic acids is 2. The Balaban J connectivity index is 1.56. The van der Waals surface area contributed by atoms with Gasteiger partial charge in [0.25, 0.3) is 0 Å².